The van der Waals surface area contributed by atoms with Gasteiger partial charge in [-0.1, -0.05) is 0 Å². The second-order valence-electron chi connectivity index (χ2n) is 9.27. The van der Waals surface area contributed by atoms with Gasteiger partial charge in [0.1, 0.15) is 17.2 Å². The van der Waals surface area contributed by atoms with Crippen molar-refractivity contribution in [3.05, 3.63) is 40.7 Å². The van der Waals surface area contributed by atoms with Crippen molar-refractivity contribution >= 4 is 51.1 Å². The zero-order valence-electron chi connectivity index (χ0n) is 20.9. The van der Waals surface area contributed by atoms with Crippen molar-refractivity contribution in [3.63, 3.8) is 0 Å². The van der Waals surface area contributed by atoms with E-state index in [4.69, 9.17) is 0 Å². The summed E-state index contributed by atoms with van der Waals surface area (Å²) in [6.45, 7) is 6.13. The number of rotatable bonds is 4. The predicted molar refractivity (Wildman–Crippen MR) is 139 cm³/mol. The van der Waals surface area contributed by atoms with Crippen molar-refractivity contribution in [3.8, 4) is 0 Å². The number of alkyl halides is 3. The number of carbonyl (C=O) groups excluding carboxylic acids is 1. The molecular weight excluding hydrogens is 505 g/mol. The Kier molecular flexibility index (Phi) is 6.44. The summed E-state index contributed by atoms with van der Waals surface area (Å²) < 4.78 is 40.3. The number of aryl methyl sites for hydroxylation is 2. The van der Waals surface area contributed by atoms with Gasteiger partial charge in [0.05, 0.1) is 11.2 Å². The number of carbonyl (C=O) groups is 1. The van der Waals surface area contributed by atoms with E-state index in [9.17, 15) is 18.0 Å². The number of amides is 1. The summed E-state index contributed by atoms with van der Waals surface area (Å²) >= 11 is 1.22. The van der Waals surface area contributed by atoms with Crippen LogP contribution < -0.4 is 20.0 Å². The van der Waals surface area contributed by atoms with E-state index >= 15 is 0 Å². The van der Waals surface area contributed by atoms with Gasteiger partial charge in [0.2, 0.25) is 5.95 Å². The molecule has 1 saturated heterocycles. The van der Waals surface area contributed by atoms with Gasteiger partial charge in [-0.25, -0.2) is 9.97 Å². The maximum atomic E-state index is 13.4. The lowest BCUT2D eigenvalue weighted by Gasteiger charge is -2.34. The maximum Gasteiger partial charge on any atom is 0.406 e. The molecule has 1 amide bonds. The lowest BCUT2D eigenvalue weighted by molar-refractivity contribution is -0.118. The molecule has 3 aromatic rings. The van der Waals surface area contributed by atoms with E-state index in [0.717, 1.165) is 43.1 Å². The highest BCUT2D eigenvalue weighted by Crippen LogP contribution is 2.42. The standard InChI is InChI=1S/C24H27F3N8OS/c1-14-11-16(34-9-7-32(3)8-10-34)5-6-17(14)30-23-28-12-18-20(31-23)33(4)22-19(29-15(2)37-22)21(36)35(18)13-24(25,26)27/h5-6,11-12H,7-10,13H2,1-4H3,(H,28,30,31). The summed E-state index contributed by atoms with van der Waals surface area (Å²) in [4.78, 5) is 33.0. The first-order valence-corrected chi connectivity index (χ1v) is 12.6. The normalized spacial score (nSPS) is 16.5. The molecule has 0 bridgehead atoms. The molecule has 13 heteroatoms. The minimum atomic E-state index is -4.61. The van der Waals surface area contributed by atoms with Crippen molar-refractivity contribution in [2.75, 3.05) is 66.8 Å². The third-order valence-corrected chi connectivity index (χ3v) is 7.54. The maximum absolute atomic E-state index is 13.4. The van der Waals surface area contributed by atoms with Crippen LogP contribution in [0, 0.1) is 13.8 Å². The number of hydrogen-bond acceptors (Lipinski definition) is 9. The minimum absolute atomic E-state index is 0.0274. The van der Waals surface area contributed by atoms with Crippen LogP contribution in [0.4, 0.5) is 47.0 Å². The molecule has 196 valence electrons. The van der Waals surface area contributed by atoms with Crippen molar-refractivity contribution in [2.24, 2.45) is 0 Å². The number of aromatic nitrogens is 3. The second kappa shape index (κ2) is 9.45. The first-order chi connectivity index (χ1) is 17.5. The predicted octanol–water partition coefficient (Wildman–Crippen LogP) is 4.34. The molecule has 9 nitrogen and oxygen atoms in total. The van der Waals surface area contributed by atoms with Crippen molar-refractivity contribution < 1.29 is 18.0 Å². The fourth-order valence-electron chi connectivity index (χ4n) is 4.49. The number of nitrogens with one attached hydrogen (secondary N) is 1. The molecule has 0 unspecified atom stereocenters. The van der Waals surface area contributed by atoms with Gasteiger partial charge in [0.15, 0.2) is 11.5 Å². The van der Waals surface area contributed by atoms with Crippen LogP contribution in [-0.2, 0) is 0 Å². The Morgan fingerprint density at radius 1 is 1.08 bits per heavy atom. The van der Waals surface area contributed by atoms with Crippen LogP contribution in [0.5, 0.6) is 0 Å². The summed E-state index contributed by atoms with van der Waals surface area (Å²) in [7, 11) is 3.77. The molecule has 37 heavy (non-hydrogen) atoms. The lowest BCUT2D eigenvalue weighted by Crippen LogP contribution is -2.44. The van der Waals surface area contributed by atoms with Gasteiger partial charge in [-0.05, 0) is 44.7 Å². The molecule has 4 heterocycles. The van der Waals surface area contributed by atoms with E-state index in [-0.39, 0.29) is 23.1 Å². The fraction of sp³-hybridized carbons (Fsp3) is 0.417. The molecule has 2 aliphatic rings. The third-order valence-electron chi connectivity index (χ3n) is 6.49. The Bertz CT molecular complexity index is 1340. The molecule has 0 atom stereocenters. The lowest BCUT2D eigenvalue weighted by atomic mass is 10.1. The van der Waals surface area contributed by atoms with E-state index < -0.39 is 18.6 Å². The number of thiazole rings is 1. The summed E-state index contributed by atoms with van der Waals surface area (Å²) in [6, 6.07) is 6.08. The smallest absolute Gasteiger partial charge is 0.369 e. The number of fused-ring (bicyclic) bond motifs is 2. The van der Waals surface area contributed by atoms with Gasteiger partial charge in [-0.15, -0.1) is 11.3 Å². The van der Waals surface area contributed by atoms with Crippen LogP contribution >= 0.6 is 11.3 Å². The van der Waals surface area contributed by atoms with Gasteiger partial charge in [-0.3, -0.25) is 9.69 Å². The minimum Gasteiger partial charge on any atom is -0.369 e. The summed E-state index contributed by atoms with van der Waals surface area (Å²) in [5, 5.41) is 4.20. The largest absolute Gasteiger partial charge is 0.406 e. The summed E-state index contributed by atoms with van der Waals surface area (Å²) in [6.07, 6.45) is -3.36. The number of nitrogens with zero attached hydrogens (tertiary/aromatic N) is 7. The van der Waals surface area contributed by atoms with Gasteiger partial charge >= 0.3 is 6.18 Å². The van der Waals surface area contributed by atoms with Crippen LogP contribution in [0.2, 0.25) is 0 Å². The van der Waals surface area contributed by atoms with Crippen molar-refractivity contribution in [2.45, 2.75) is 20.0 Å². The monoisotopic (exact) mass is 532 g/mol. The van der Waals surface area contributed by atoms with Gasteiger partial charge in [0, 0.05) is 44.6 Å². The molecule has 1 aromatic carbocycles. The Balaban J connectivity index is 1.47. The quantitative estimate of drug-likeness (QED) is 0.532. The molecule has 1 N–H and O–H groups in total. The molecule has 1 fully saturated rings. The molecule has 2 aliphatic heterocycles. The zero-order valence-corrected chi connectivity index (χ0v) is 21.7. The molecule has 2 aromatic heterocycles. The third kappa shape index (κ3) is 5.05. The number of benzene rings is 1. The topological polar surface area (TPSA) is 80.7 Å². The summed E-state index contributed by atoms with van der Waals surface area (Å²) in [5.74, 6) is -0.434. The molecule has 0 spiro atoms. The van der Waals surface area contributed by atoms with Crippen LogP contribution in [0.1, 0.15) is 21.1 Å². The summed E-state index contributed by atoms with van der Waals surface area (Å²) in [5.41, 5.74) is 2.84. The molecule has 5 rings (SSSR count). The Hall–Kier alpha value is -3.45. The Labute approximate surface area is 216 Å². The van der Waals surface area contributed by atoms with E-state index in [1.54, 1.807) is 18.9 Å². The van der Waals surface area contributed by atoms with Gasteiger partial charge < -0.3 is 20.0 Å². The fourth-order valence-corrected chi connectivity index (χ4v) is 5.36. The Morgan fingerprint density at radius 3 is 2.49 bits per heavy atom. The highest BCUT2D eigenvalue weighted by molar-refractivity contribution is 7.16. The van der Waals surface area contributed by atoms with E-state index in [1.807, 2.05) is 19.1 Å². The Morgan fingerprint density at radius 2 is 1.81 bits per heavy atom. The number of piperazine rings is 1. The molecular formula is C24H27F3N8OS. The van der Waals surface area contributed by atoms with Crippen LogP contribution in [0.25, 0.3) is 0 Å². The molecule has 0 saturated carbocycles. The number of hydrogen-bond donors (Lipinski definition) is 1. The second-order valence-corrected chi connectivity index (χ2v) is 10.5. The highest BCUT2D eigenvalue weighted by Gasteiger charge is 2.40. The van der Waals surface area contributed by atoms with Crippen LogP contribution in [-0.4, -0.2) is 78.8 Å². The average Bonchev–Trinajstić information content (AvgIpc) is 3.22. The average molecular weight is 533 g/mol. The SMILES string of the molecule is Cc1nc2c(s1)N(C)c1nc(Nc3ccc(N4CCN(C)CC4)cc3C)ncc1N(CC(F)(F)F)C2=O. The molecule has 0 aliphatic carbocycles. The van der Waals surface area contributed by atoms with E-state index in [1.165, 1.54) is 17.5 Å². The highest BCUT2D eigenvalue weighted by atomic mass is 32.1. The van der Waals surface area contributed by atoms with Gasteiger partial charge in [0.25, 0.3) is 5.91 Å². The van der Waals surface area contributed by atoms with Crippen LogP contribution in [0.3, 0.4) is 0 Å². The number of halogens is 3. The number of likely N-dealkylation sites (N-methyl/N-ethyl adjacent to an activating group) is 1. The number of anilines is 6. The zero-order chi connectivity index (χ0) is 26.5. The molecule has 0 radical (unpaired) electrons. The first-order valence-electron chi connectivity index (χ1n) is 11.8. The first kappa shape index (κ1) is 25.2. The van der Waals surface area contributed by atoms with Crippen molar-refractivity contribution in [1.82, 2.24) is 19.9 Å². The van der Waals surface area contributed by atoms with Crippen LogP contribution in [0.15, 0.2) is 24.4 Å². The van der Waals surface area contributed by atoms with Crippen molar-refractivity contribution in [1.29, 1.82) is 0 Å². The van der Waals surface area contributed by atoms with E-state index in [2.05, 4.69) is 43.2 Å². The van der Waals surface area contributed by atoms with Gasteiger partial charge in [-0.2, -0.15) is 18.2 Å². The van der Waals surface area contributed by atoms with E-state index in [0.29, 0.717) is 14.9 Å².